The number of nitrogen functional groups attached to an aromatic ring is 1. The Hall–Kier alpha value is -1.18. The van der Waals surface area contributed by atoms with E-state index < -0.39 is 0 Å². The normalized spacial score (nSPS) is 12.9. The molecular weight excluding hydrogens is 184 g/mol. The molecule has 0 fully saturated rings. The number of nitrogens with two attached hydrogens (primary N) is 1. The standard InChI is InChI=1S/C13H22N2/c1-9(2)11(4)8-15-12-7-5-6-10(3)13(12)14/h5-7,9,11,15H,8,14H2,1-4H3. The SMILES string of the molecule is Cc1cccc(NCC(C)C(C)C)c1N. The molecule has 2 heteroatoms. The Kier molecular flexibility index (Phi) is 4.01. The summed E-state index contributed by atoms with van der Waals surface area (Å²) in [5, 5.41) is 3.41. The molecule has 1 atom stereocenters. The van der Waals surface area contributed by atoms with Gasteiger partial charge in [-0.25, -0.2) is 0 Å². The van der Waals surface area contributed by atoms with Gasteiger partial charge < -0.3 is 11.1 Å². The van der Waals surface area contributed by atoms with E-state index in [0.717, 1.165) is 23.5 Å². The molecule has 0 radical (unpaired) electrons. The van der Waals surface area contributed by atoms with E-state index in [1.165, 1.54) is 0 Å². The first-order valence-electron chi connectivity index (χ1n) is 5.61. The maximum atomic E-state index is 5.98. The number of anilines is 2. The van der Waals surface area contributed by atoms with Crippen molar-refractivity contribution in [3.05, 3.63) is 23.8 Å². The van der Waals surface area contributed by atoms with Crippen LogP contribution in [-0.2, 0) is 0 Å². The third kappa shape index (κ3) is 3.15. The molecule has 84 valence electrons. The van der Waals surface area contributed by atoms with Crippen LogP contribution in [0.4, 0.5) is 11.4 Å². The van der Waals surface area contributed by atoms with Crippen LogP contribution >= 0.6 is 0 Å². The van der Waals surface area contributed by atoms with Crippen molar-refractivity contribution in [2.45, 2.75) is 27.7 Å². The zero-order valence-corrected chi connectivity index (χ0v) is 10.2. The van der Waals surface area contributed by atoms with Crippen molar-refractivity contribution in [3.8, 4) is 0 Å². The van der Waals surface area contributed by atoms with E-state index in [4.69, 9.17) is 5.73 Å². The van der Waals surface area contributed by atoms with Gasteiger partial charge >= 0.3 is 0 Å². The molecule has 1 unspecified atom stereocenters. The lowest BCUT2D eigenvalue weighted by Gasteiger charge is -2.18. The van der Waals surface area contributed by atoms with Crippen molar-refractivity contribution in [1.82, 2.24) is 0 Å². The molecule has 0 amide bonds. The second-order valence-electron chi connectivity index (χ2n) is 4.64. The minimum absolute atomic E-state index is 0.657. The highest BCUT2D eigenvalue weighted by molar-refractivity contribution is 5.69. The van der Waals surface area contributed by atoms with Crippen LogP contribution in [0.2, 0.25) is 0 Å². The number of aryl methyl sites for hydroxylation is 1. The average molecular weight is 206 g/mol. The lowest BCUT2D eigenvalue weighted by atomic mass is 9.98. The molecule has 0 heterocycles. The van der Waals surface area contributed by atoms with E-state index in [1.54, 1.807) is 0 Å². The molecule has 1 aromatic rings. The Morgan fingerprint density at radius 1 is 1.27 bits per heavy atom. The average Bonchev–Trinajstić information content (AvgIpc) is 2.19. The monoisotopic (exact) mass is 206 g/mol. The smallest absolute Gasteiger partial charge is 0.0579 e. The molecule has 0 saturated heterocycles. The Morgan fingerprint density at radius 2 is 1.93 bits per heavy atom. The topological polar surface area (TPSA) is 38.0 Å². The quantitative estimate of drug-likeness (QED) is 0.742. The molecule has 1 rings (SSSR count). The molecule has 0 bridgehead atoms. The molecule has 0 aliphatic carbocycles. The maximum Gasteiger partial charge on any atom is 0.0579 e. The largest absolute Gasteiger partial charge is 0.397 e. The summed E-state index contributed by atoms with van der Waals surface area (Å²) in [5.41, 5.74) is 9.05. The first-order valence-corrected chi connectivity index (χ1v) is 5.61. The minimum atomic E-state index is 0.657. The van der Waals surface area contributed by atoms with Gasteiger partial charge in [-0.15, -0.1) is 0 Å². The molecule has 0 aliphatic rings. The zero-order valence-electron chi connectivity index (χ0n) is 10.2. The van der Waals surface area contributed by atoms with Crippen LogP contribution in [0.3, 0.4) is 0 Å². The van der Waals surface area contributed by atoms with Crippen LogP contribution < -0.4 is 11.1 Å². The van der Waals surface area contributed by atoms with Crippen LogP contribution in [0.25, 0.3) is 0 Å². The molecule has 1 aromatic carbocycles. The minimum Gasteiger partial charge on any atom is -0.397 e. The molecule has 0 aliphatic heterocycles. The molecular formula is C13H22N2. The van der Waals surface area contributed by atoms with Crippen molar-refractivity contribution in [3.63, 3.8) is 0 Å². The van der Waals surface area contributed by atoms with E-state index in [2.05, 4.69) is 26.1 Å². The number of rotatable bonds is 4. The van der Waals surface area contributed by atoms with Crippen LogP contribution in [-0.4, -0.2) is 6.54 Å². The molecule has 3 N–H and O–H groups in total. The molecule has 0 saturated carbocycles. The Labute approximate surface area is 92.9 Å². The second kappa shape index (κ2) is 5.06. The maximum absolute atomic E-state index is 5.98. The zero-order chi connectivity index (χ0) is 11.4. The third-order valence-corrected chi connectivity index (χ3v) is 3.08. The predicted octanol–water partition coefficient (Wildman–Crippen LogP) is 3.28. The lowest BCUT2D eigenvalue weighted by molar-refractivity contribution is 0.440. The fraction of sp³-hybridized carbons (Fsp3) is 0.538. The van der Waals surface area contributed by atoms with Crippen molar-refractivity contribution in [1.29, 1.82) is 0 Å². The summed E-state index contributed by atoms with van der Waals surface area (Å²) in [7, 11) is 0. The summed E-state index contributed by atoms with van der Waals surface area (Å²) in [6.45, 7) is 9.75. The highest BCUT2D eigenvalue weighted by atomic mass is 14.9. The van der Waals surface area contributed by atoms with Crippen LogP contribution in [0, 0.1) is 18.8 Å². The van der Waals surface area contributed by atoms with E-state index >= 15 is 0 Å². The Morgan fingerprint density at radius 3 is 2.53 bits per heavy atom. The van der Waals surface area contributed by atoms with Gasteiger partial charge in [0.05, 0.1) is 11.4 Å². The van der Waals surface area contributed by atoms with Crippen molar-refractivity contribution < 1.29 is 0 Å². The lowest BCUT2D eigenvalue weighted by Crippen LogP contribution is -2.17. The molecule has 15 heavy (non-hydrogen) atoms. The third-order valence-electron chi connectivity index (χ3n) is 3.08. The molecule has 0 aromatic heterocycles. The van der Waals surface area contributed by atoms with E-state index in [0.29, 0.717) is 11.8 Å². The van der Waals surface area contributed by atoms with Crippen LogP contribution in [0.5, 0.6) is 0 Å². The summed E-state index contributed by atoms with van der Waals surface area (Å²) >= 11 is 0. The van der Waals surface area contributed by atoms with E-state index in [1.807, 2.05) is 25.1 Å². The highest BCUT2D eigenvalue weighted by Crippen LogP contribution is 2.22. The number of benzene rings is 1. The van der Waals surface area contributed by atoms with Crippen molar-refractivity contribution in [2.75, 3.05) is 17.6 Å². The fourth-order valence-electron chi connectivity index (χ4n) is 1.34. The number of hydrogen-bond acceptors (Lipinski definition) is 2. The van der Waals surface area contributed by atoms with Gasteiger partial charge in [-0.2, -0.15) is 0 Å². The van der Waals surface area contributed by atoms with Gasteiger partial charge in [0, 0.05) is 6.54 Å². The first kappa shape index (κ1) is 11.9. The fourth-order valence-corrected chi connectivity index (χ4v) is 1.34. The Balaban J connectivity index is 2.62. The van der Waals surface area contributed by atoms with Gasteiger partial charge in [-0.1, -0.05) is 32.9 Å². The van der Waals surface area contributed by atoms with Gasteiger partial charge in [0.25, 0.3) is 0 Å². The van der Waals surface area contributed by atoms with Crippen molar-refractivity contribution >= 4 is 11.4 Å². The van der Waals surface area contributed by atoms with Crippen LogP contribution in [0.1, 0.15) is 26.3 Å². The summed E-state index contributed by atoms with van der Waals surface area (Å²) in [6, 6.07) is 6.11. The predicted molar refractivity (Wildman–Crippen MR) is 68.1 cm³/mol. The summed E-state index contributed by atoms with van der Waals surface area (Å²) in [4.78, 5) is 0. The van der Waals surface area contributed by atoms with Gasteiger partial charge in [0.1, 0.15) is 0 Å². The summed E-state index contributed by atoms with van der Waals surface area (Å²) < 4.78 is 0. The van der Waals surface area contributed by atoms with Gasteiger partial charge in [0.2, 0.25) is 0 Å². The number of para-hydroxylation sites is 1. The van der Waals surface area contributed by atoms with Gasteiger partial charge in [0.15, 0.2) is 0 Å². The number of nitrogens with one attached hydrogen (secondary N) is 1. The molecule has 0 spiro atoms. The van der Waals surface area contributed by atoms with Gasteiger partial charge in [-0.05, 0) is 30.4 Å². The number of hydrogen-bond donors (Lipinski definition) is 2. The van der Waals surface area contributed by atoms with E-state index in [9.17, 15) is 0 Å². The van der Waals surface area contributed by atoms with E-state index in [-0.39, 0.29) is 0 Å². The van der Waals surface area contributed by atoms with Crippen LogP contribution in [0.15, 0.2) is 18.2 Å². The highest BCUT2D eigenvalue weighted by Gasteiger charge is 2.07. The second-order valence-corrected chi connectivity index (χ2v) is 4.64. The first-order chi connectivity index (χ1) is 7.02. The van der Waals surface area contributed by atoms with Gasteiger partial charge in [-0.3, -0.25) is 0 Å². The summed E-state index contributed by atoms with van der Waals surface area (Å²) in [6.07, 6.45) is 0. The van der Waals surface area contributed by atoms with Crippen molar-refractivity contribution in [2.24, 2.45) is 11.8 Å². The molecule has 2 nitrogen and oxygen atoms in total. The summed E-state index contributed by atoms with van der Waals surface area (Å²) in [5.74, 6) is 1.36. The Bertz CT molecular complexity index is 318.